The number of carboxylic acids is 4. The SMILES string of the molecule is CC(C)[C@H](NC(=O)[C@H](CCC(=O)O)NC(=O)[C@H](CCC(=O)O)NC(=O)[C@@H](NC(=O)[C@@H](N)[C@@H](C)O)C(C)C)C(=O)N[C@@H](CC(=O)O)C(=O)O. The van der Waals surface area contributed by atoms with E-state index >= 15 is 0 Å². The average molecular weight is 691 g/mol. The van der Waals surface area contributed by atoms with Gasteiger partial charge in [0.15, 0.2) is 0 Å². The first-order valence-corrected chi connectivity index (χ1v) is 14.9. The molecule has 0 aromatic rings. The second-order valence-electron chi connectivity index (χ2n) is 11.7. The van der Waals surface area contributed by atoms with Crippen LogP contribution in [0.4, 0.5) is 0 Å². The molecule has 5 amide bonds. The maximum absolute atomic E-state index is 13.4. The molecule has 0 heterocycles. The molecule has 0 aliphatic rings. The normalized spacial score (nSPS) is 15.4. The van der Waals surface area contributed by atoms with Gasteiger partial charge in [-0.2, -0.15) is 0 Å². The van der Waals surface area contributed by atoms with Crippen LogP contribution in [0.15, 0.2) is 0 Å². The van der Waals surface area contributed by atoms with Crippen molar-refractivity contribution in [2.45, 2.75) is 109 Å². The number of carboxylic acid groups (broad SMARTS) is 4. The van der Waals surface area contributed by atoms with Crippen LogP contribution in [0.5, 0.6) is 0 Å². The summed E-state index contributed by atoms with van der Waals surface area (Å²) in [5, 5.41) is 57.4. The lowest BCUT2D eigenvalue weighted by Crippen LogP contribution is -2.61. The van der Waals surface area contributed by atoms with Gasteiger partial charge in [0, 0.05) is 12.8 Å². The molecule has 0 aromatic carbocycles. The van der Waals surface area contributed by atoms with Gasteiger partial charge in [-0.25, -0.2) is 4.79 Å². The first-order valence-electron chi connectivity index (χ1n) is 14.9. The van der Waals surface area contributed by atoms with Gasteiger partial charge in [-0.3, -0.25) is 38.4 Å². The first-order chi connectivity index (χ1) is 22.1. The minimum Gasteiger partial charge on any atom is -0.481 e. The molecule has 0 bridgehead atoms. The van der Waals surface area contributed by atoms with Crippen LogP contribution in [0, 0.1) is 11.8 Å². The van der Waals surface area contributed by atoms with E-state index in [9.17, 15) is 63.6 Å². The Bertz CT molecular complexity index is 1210. The number of carbonyl (C=O) groups excluding carboxylic acids is 5. The second-order valence-corrected chi connectivity index (χ2v) is 11.7. The van der Waals surface area contributed by atoms with Gasteiger partial charge in [-0.1, -0.05) is 27.7 Å². The highest BCUT2D eigenvalue weighted by atomic mass is 16.4. The van der Waals surface area contributed by atoms with Gasteiger partial charge in [0.2, 0.25) is 29.5 Å². The second kappa shape index (κ2) is 20.4. The van der Waals surface area contributed by atoms with Crippen LogP contribution >= 0.6 is 0 Å². The number of carbonyl (C=O) groups is 9. The zero-order valence-corrected chi connectivity index (χ0v) is 27.2. The van der Waals surface area contributed by atoms with Gasteiger partial charge in [-0.15, -0.1) is 0 Å². The third-order valence-electron chi connectivity index (χ3n) is 6.87. The number of aliphatic carboxylic acids is 4. The van der Waals surface area contributed by atoms with E-state index in [1.165, 1.54) is 20.8 Å². The van der Waals surface area contributed by atoms with Gasteiger partial charge < -0.3 is 57.9 Å². The van der Waals surface area contributed by atoms with Crippen molar-refractivity contribution in [3.05, 3.63) is 0 Å². The van der Waals surface area contributed by atoms with Crippen molar-refractivity contribution in [2.24, 2.45) is 17.6 Å². The maximum atomic E-state index is 13.4. The molecule has 0 radical (unpaired) electrons. The van der Waals surface area contributed by atoms with Gasteiger partial charge in [-0.05, 0) is 31.6 Å². The highest BCUT2D eigenvalue weighted by Gasteiger charge is 2.35. The quantitative estimate of drug-likeness (QED) is 0.0530. The Kier molecular flexibility index (Phi) is 18.3. The fourth-order valence-corrected chi connectivity index (χ4v) is 4.04. The van der Waals surface area contributed by atoms with Crippen molar-refractivity contribution in [3.8, 4) is 0 Å². The van der Waals surface area contributed by atoms with Crippen molar-refractivity contribution >= 4 is 53.4 Å². The summed E-state index contributed by atoms with van der Waals surface area (Å²) in [6.45, 7) is 7.24. The van der Waals surface area contributed by atoms with Crippen LogP contribution < -0.4 is 32.3 Å². The van der Waals surface area contributed by atoms with E-state index in [1.807, 2.05) is 5.32 Å². The molecule has 0 aromatic heterocycles. The number of hydrogen-bond acceptors (Lipinski definition) is 11. The molecule has 0 aliphatic heterocycles. The molecule has 0 aliphatic carbocycles. The molecule has 272 valence electrons. The predicted molar refractivity (Wildman–Crippen MR) is 163 cm³/mol. The third-order valence-corrected chi connectivity index (χ3v) is 6.87. The van der Waals surface area contributed by atoms with Gasteiger partial charge in [0.25, 0.3) is 0 Å². The van der Waals surface area contributed by atoms with Gasteiger partial charge in [0.1, 0.15) is 36.3 Å². The van der Waals surface area contributed by atoms with E-state index in [-0.39, 0.29) is 0 Å². The zero-order valence-electron chi connectivity index (χ0n) is 27.2. The molecule has 48 heavy (non-hydrogen) atoms. The van der Waals surface area contributed by atoms with Crippen molar-refractivity contribution in [1.82, 2.24) is 26.6 Å². The molecule has 20 nitrogen and oxygen atoms in total. The number of aliphatic hydroxyl groups excluding tert-OH is 1. The van der Waals surface area contributed by atoms with E-state index in [2.05, 4.69) is 21.3 Å². The summed E-state index contributed by atoms with van der Waals surface area (Å²) >= 11 is 0. The number of aliphatic hydroxyl groups is 1. The summed E-state index contributed by atoms with van der Waals surface area (Å²) in [6, 6.07) is -9.35. The Morgan fingerprint density at radius 2 is 0.875 bits per heavy atom. The van der Waals surface area contributed by atoms with E-state index in [0.717, 1.165) is 0 Å². The molecule has 7 atom stereocenters. The molecule has 20 heteroatoms. The van der Waals surface area contributed by atoms with Crippen LogP contribution in [0.1, 0.15) is 66.7 Å². The smallest absolute Gasteiger partial charge is 0.326 e. The molecule has 0 saturated heterocycles. The van der Waals surface area contributed by atoms with Crippen molar-refractivity contribution < 1.29 is 68.7 Å². The Labute approximate surface area is 275 Å². The number of nitrogens with two attached hydrogens (primary N) is 1. The highest BCUT2D eigenvalue weighted by molar-refractivity contribution is 5.97. The molecule has 0 rings (SSSR count). The minimum absolute atomic E-state index is 0.511. The molecule has 0 unspecified atom stereocenters. The lowest BCUT2D eigenvalue weighted by atomic mass is 10.00. The molecule has 12 N–H and O–H groups in total. The Hall–Kier alpha value is -4.85. The molecular weight excluding hydrogens is 644 g/mol. The maximum Gasteiger partial charge on any atom is 0.326 e. The van der Waals surface area contributed by atoms with Crippen LogP contribution in [0.2, 0.25) is 0 Å². The molecule has 0 spiro atoms. The van der Waals surface area contributed by atoms with E-state index in [4.69, 9.17) is 10.8 Å². The monoisotopic (exact) mass is 690 g/mol. The number of rotatable bonds is 22. The number of hydrogen-bond donors (Lipinski definition) is 11. The van der Waals surface area contributed by atoms with E-state index < -0.39 is 140 Å². The van der Waals surface area contributed by atoms with Crippen LogP contribution in [0.3, 0.4) is 0 Å². The van der Waals surface area contributed by atoms with Gasteiger partial charge in [0.05, 0.1) is 12.5 Å². The number of amides is 5. The fraction of sp³-hybridized carbons (Fsp3) is 0.679. The fourth-order valence-electron chi connectivity index (χ4n) is 4.04. The van der Waals surface area contributed by atoms with E-state index in [1.54, 1.807) is 13.8 Å². The lowest BCUT2D eigenvalue weighted by Gasteiger charge is -2.28. The predicted octanol–water partition coefficient (Wildman–Crippen LogP) is -3.28. The minimum atomic E-state index is -1.85. The summed E-state index contributed by atoms with van der Waals surface area (Å²) in [5.41, 5.74) is 5.62. The molecule has 0 fully saturated rings. The average Bonchev–Trinajstić information content (AvgIpc) is 2.96. The van der Waals surface area contributed by atoms with Crippen molar-refractivity contribution in [2.75, 3.05) is 0 Å². The van der Waals surface area contributed by atoms with Crippen molar-refractivity contribution in [3.63, 3.8) is 0 Å². The summed E-state index contributed by atoms with van der Waals surface area (Å²) in [7, 11) is 0. The van der Waals surface area contributed by atoms with Crippen molar-refractivity contribution in [1.29, 1.82) is 0 Å². The zero-order chi connectivity index (χ0) is 37.5. The van der Waals surface area contributed by atoms with Gasteiger partial charge >= 0.3 is 23.9 Å². The van der Waals surface area contributed by atoms with Crippen LogP contribution in [0.25, 0.3) is 0 Å². The third kappa shape index (κ3) is 15.6. The highest BCUT2D eigenvalue weighted by Crippen LogP contribution is 2.09. The first kappa shape index (κ1) is 43.1. The molecule has 0 saturated carbocycles. The van der Waals surface area contributed by atoms with Crippen LogP contribution in [-0.2, 0) is 43.2 Å². The lowest BCUT2D eigenvalue weighted by molar-refractivity contribution is -0.147. The Morgan fingerprint density at radius 3 is 1.21 bits per heavy atom. The summed E-state index contributed by atoms with van der Waals surface area (Å²) in [4.78, 5) is 110. The molecular formula is C28H46N6O14. The van der Waals surface area contributed by atoms with E-state index in [0.29, 0.717) is 0 Å². The number of nitrogens with one attached hydrogen (secondary N) is 5. The summed E-state index contributed by atoms with van der Waals surface area (Å²) in [5.74, 6) is -12.4. The summed E-state index contributed by atoms with van der Waals surface area (Å²) < 4.78 is 0. The largest absolute Gasteiger partial charge is 0.481 e. The standard InChI is InChI=1S/C28H46N6O14/c1-11(2)21(27(46)32-16(28(47)48)10-19(40)41)33-24(43)15(7-9-18(38)39)30-23(42)14(6-8-17(36)37)31-26(45)22(12(3)4)34-25(44)20(29)13(5)35/h11-16,20-22,35H,6-10,29H2,1-5H3,(H,30,42)(H,31,45)(H,32,46)(H,33,43)(H,34,44)(H,36,37)(H,38,39)(H,40,41)(H,47,48)/t13-,14+,15+,16+,20+,21+,22+/m1/s1. The topological polar surface area (TPSA) is 341 Å². The summed E-state index contributed by atoms with van der Waals surface area (Å²) in [6.07, 6.45) is -4.62. The van der Waals surface area contributed by atoms with Crippen LogP contribution in [-0.4, -0.2) is 121 Å². The Morgan fingerprint density at radius 1 is 0.521 bits per heavy atom. The Balaban J connectivity index is 6.20.